The molecule has 0 aliphatic heterocycles. The zero-order valence-electron chi connectivity index (χ0n) is 18.4. The third-order valence-corrected chi connectivity index (χ3v) is 5.27. The Morgan fingerprint density at radius 1 is 0.941 bits per heavy atom. The van der Waals surface area contributed by atoms with Crippen molar-refractivity contribution in [1.82, 2.24) is 10.2 Å². The Morgan fingerprint density at radius 3 is 1.85 bits per heavy atom. The predicted octanol–water partition coefficient (Wildman–Crippen LogP) is 4.79. The number of alkyl halides is 6. The molecule has 2 aromatic carbocycles. The number of nitrogens with zero attached hydrogens (tertiary/aromatic N) is 2. The summed E-state index contributed by atoms with van der Waals surface area (Å²) < 4.78 is 76.1. The average Bonchev–Trinajstić information content (AvgIpc) is 2.78. The Morgan fingerprint density at radius 2 is 1.41 bits per heavy atom. The van der Waals surface area contributed by atoms with Crippen LogP contribution >= 0.6 is 0 Å². The van der Waals surface area contributed by atoms with Gasteiger partial charge in [0.05, 0.1) is 11.1 Å². The van der Waals surface area contributed by atoms with Gasteiger partial charge in [-0.25, -0.2) is 0 Å². The van der Waals surface area contributed by atoms with Gasteiger partial charge < -0.3 is 10.2 Å². The fraction of sp³-hybridized carbons (Fsp3) is 0.348. The SMILES string of the molecule is C=NC(C(=O)N(C)CCNC(=O)c1ccc(C(F)(F)F)cc1)C(C)c1ccc(C(F)(F)F)cc1. The maximum Gasteiger partial charge on any atom is 0.416 e. The molecule has 0 aliphatic carbocycles. The highest BCUT2D eigenvalue weighted by Crippen LogP contribution is 2.31. The standard InChI is InChI=1S/C23H23F6N3O2/c1-14(15-4-8-17(9-5-15)22(24,25)26)19(30-2)21(34)32(3)13-12-31-20(33)16-6-10-18(11-7-16)23(27,28)29/h4-11,14,19H,2,12-13H2,1,3H3,(H,31,33). The lowest BCUT2D eigenvalue weighted by Gasteiger charge is -2.25. The number of rotatable bonds is 8. The zero-order chi connectivity index (χ0) is 25.7. The van der Waals surface area contributed by atoms with Crippen molar-refractivity contribution < 1.29 is 35.9 Å². The second kappa shape index (κ2) is 10.7. The Bertz CT molecular complexity index is 1000. The molecule has 2 amide bonds. The minimum atomic E-state index is -4.51. The molecule has 0 aromatic heterocycles. The lowest BCUT2D eigenvalue weighted by molar-refractivity contribution is -0.138. The molecule has 0 fully saturated rings. The molecule has 2 rings (SSSR count). The summed E-state index contributed by atoms with van der Waals surface area (Å²) in [6.45, 7) is 5.13. The monoisotopic (exact) mass is 487 g/mol. The summed E-state index contributed by atoms with van der Waals surface area (Å²) in [5.41, 5.74) is -1.18. The fourth-order valence-corrected chi connectivity index (χ4v) is 3.19. The summed E-state index contributed by atoms with van der Waals surface area (Å²) in [7, 11) is 1.46. The molecule has 11 heteroatoms. The van der Waals surface area contributed by atoms with Gasteiger partial charge in [-0.3, -0.25) is 14.6 Å². The molecule has 0 radical (unpaired) electrons. The minimum absolute atomic E-state index is 0.0145. The van der Waals surface area contributed by atoms with Crippen LogP contribution in [0.4, 0.5) is 26.3 Å². The van der Waals surface area contributed by atoms with Gasteiger partial charge in [0.25, 0.3) is 5.91 Å². The van der Waals surface area contributed by atoms with Crippen LogP contribution in [0.25, 0.3) is 0 Å². The smallest absolute Gasteiger partial charge is 0.350 e. The number of likely N-dealkylation sites (N-methyl/N-ethyl adjacent to an activating group) is 1. The van der Waals surface area contributed by atoms with Gasteiger partial charge in [-0.2, -0.15) is 26.3 Å². The van der Waals surface area contributed by atoms with Crippen molar-refractivity contribution in [2.75, 3.05) is 20.1 Å². The first kappa shape index (κ1) is 26.9. The summed E-state index contributed by atoms with van der Waals surface area (Å²) in [6.07, 6.45) is -8.98. The Labute approximate surface area is 192 Å². The van der Waals surface area contributed by atoms with Crippen LogP contribution in [-0.4, -0.2) is 49.6 Å². The van der Waals surface area contributed by atoms with Crippen molar-refractivity contribution in [3.05, 3.63) is 70.8 Å². The molecule has 34 heavy (non-hydrogen) atoms. The van der Waals surface area contributed by atoms with Gasteiger partial charge in [-0.05, 0) is 48.7 Å². The van der Waals surface area contributed by atoms with Crippen LogP contribution in [-0.2, 0) is 17.1 Å². The van der Waals surface area contributed by atoms with Gasteiger partial charge in [0.2, 0.25) is 5.91 Å². The van der Waals surface area contributed by atoms with E-state index in [2.05, 4.69) is 17.0 Å². The first-order valence-electron chi connectivity index (χ1n) is 10.1. The predicted molar refractivity (Wildman–Crippen MR) is 115 cm³/mol. The summed E-state index contributed by atoms with van der Waals surface area (Å²) >= 11 is 0. The van der Waals surface area contributed by atoms with Gasteiger partial charge in [-0.15, -0.1) is 0 Å². The first-order chi connectivity index (χ1) is 15.8. The summed E-state index contributed by atoms with van der Waals surface area (Å²) in [5.74, 6) is -1.62. The number of hydrogen-bond acceptors (Lipinski definition) is 3. The second-order valence-corrected chi connectivity index (χ2v) is 7.63. The molecular weight excluding hydrogens is 464 g/mol. The lowest BCUT2D eigenvalue weighted by atomic mass is 9.92. The van der Waals surface area contributed by atoms with E-state index in [0.29, 0.717) is 5.56 Å². The molecule has 0 saturated heterocycles. The van der Waals surface area contributed by atoms with Gasteiger partial charge in [0.1, 0.15) is 6.04 Å². The Balaban J connectivity index is 1.94. The molecule has 0 spiro atoms. The molecule has 2 unspecified atom stereocenters. The number of amides is 2. The summed E-state index contributed by atoms with van der Waals surface area (Å²) in [4.78, 5) is 30.0. The van der Waals surface area contributed by atoms with E-state index in [1.165, 1.54) is 24.1 Å². The van der Waals surface area contributed by atoms with E-state index in [0.717, 1.165) is 36.4 Å². The van der Waals surface area contributed by atoms with E-state index in [-0.39, 0.29) is 18.7 Å². The molecule has 0 bridgehead atoms. The normalized spacial score (nSPS) is 13.6. The van der Waals surface area contributed by atoms with E-state index in [1.54, 1.807) is 6.92 Å². The number of carbonyl (C=O) groups excluding carboxylic acids is 2. The van der Waals surface area contributed by atoms with E-state index in [4.69, 9.17) is 0 Å². The van der Waals surface area contributed by atoms with Crippen LogP contribution in [0.5, 0.6) is 0 Å². The number of carbonyl (C=O) groups is 2. The molecule has 0 saturated carbocycles. The Hall–Kier alpha value is -3.37. The van der Waals surface area contributed by atoms with Crippen LogP contribution in [0.15, 0.2) is 53.5 Å². The highest BCUT2D eigenvalue weighted by molar-refractivity contribution is 5.94. The highest BCUT2D eigenvalue weighted by atomic mass is 19.4. The number of hydrogen-bond donors (Lipinski definition) is 1. The third-order valence-electron chi connectivity index (χ3n) is 5.27. The molecule has 2 aromatic rings. The zero-order valence-corrected chi connectivity index (χ0v) is 18.4. The minimum Gasteiger partial charge on any atom is -0.350 e. The maximum atomic E-state index is 12.8. The molecular formula is C23H23F6N3O2. The van der Waals surface area contributed by atoms with Gasteiger partial charge in [-0.1, -0.05) is 19.1 Å². The second-order valence-electron chi connectivity index (χ2n) is 7.63. The van der Waals surface area contributed by atoms with Crippen molar-refractivity contribution in [3.8, 4) is 0 Å². The van der Waals surface area contributed by atoms with Crippen molar-refractivity contribution >= 4 is 18.5 Å². The molecule has 2 atom stereocenters. The van der Waals surface area contributed by atoms with Crippen molar-refractivity contribution in [2.24, 2.45) is 4.99 Å². The van der Waals surface area contributed by atoms with Crippen molar-refractivity contribution in [3.63, 3.8) is 0 Å². The first-order valence-corrected chi connectivity index (χ1v) is 10.1. The van der Waals surface area contributed by atoms with Crippen molar-refractivity contribution in [1.29, 1.82) is 0 Å². The number of nitrogens with one attached hydrogen (secondary N) is 1. The maximum absolute atomic E-state index is 12.8. The third kappa shape index (κ3) is 6.82. The summed E-state index contributed by atoms with van der Waals surface area (Å²) in [5, 5.41) is 2.51. The van der Waals surface area contributed by atoms with Crippen molar-refractivity contribution in [2.45, 2.75) is 31.2 Å². The lowest BCUT2D eigenvalue weighted by Crippen LogP contribution is -2.42. The molecule has 0 heterocycles. The van der Waals surface area contributed by atoms with E-state index >= 15 is 0 Å². The number of halogens is 6. The highest BCUT2D eigenvalue weighted by Gasteiger charge is 2.32. The summed E-state index contributed by atoms with van der Waals surface area (Å²) in [6, 6.07) is 7.15. The van der Waals surface area contributed by atoms with Crippen LogP contribution in [0.1, 0.15) is 39.9 Å². The molecule has 0 aliphatic rings. The molecule has 1 N–H and O–H groups in total. The van der Waals surface area contributed by atoms with Gasteiger partial charge in [0, 0.05) is 31.6 Å². The number of benzene rings is 2. The Kier molecular flexibility index (Phi) is 8.46. The van der Waals surface area contributed by atoms with Crippen LogP contribution < -0.4 is 5.32 Å². The topological polar surface area (TPSA) is 61.8 Å². The largest absolute Gasteiger partial charge is 0.416 e. The van der Waals surface area contributed by atoms with Crippen LogP contribution in [0.2, 0.25) is 0 Å². The van der Waals surface area contributed by atoms with Gasteiger partial charge >= 0.3 is 12.4 Å². The van der Waals surface area contributed by atoms with E-state index in [9.17, 15) is 35.9 Å². The average molecular weight is 487 g/mol. The fourth-order valence-electron chi connectivity index (χ4n) is 3.19. The van der Waals surface area contributed by atoms with Crippen LogP contribution in [0, 0.1) is 0 Å². The quantitative estimate of drug-likeness (QED) is 0.430. The van der Waals surface area contributed by atoms with Crippen LogP contribution in [0.3, 0.4) is 0 Å². The molecule has 184 valence electrons. The van der Waals surface area contributed by atoms with Gasteiger partial charge in [0.15, 0.2) is 0 Å². The number of aliphatic imine (C=N–C) groups is 1. The van der Waals surface area contributed by atoms with E-state index < -0.39 is 47.3 Å². The molecule has 5 nitrogen and oxygen atoms in total. The van der Waals surface area contributed by atoms with E-state index in [1.807, 2.05) is 0 Å².